The first-order valence-electron chi connectivity index (χ1n) is 6.97. The molecule has 0 saturated heterocycles. The predicted molar refractivity (Wildman–Crippen MR) is 76.8 cm³/mol. The molecule has 0 radical (unpaired) electrons. The smallest absolute Gasteiger partial charge is 0.119 e. The number of benzene rings is 1. The molecule has 1 atom stereocenters. The Balaban J connectivity index is 2.29. The first-order chi connectivity index (χ1) is 9.30. The van der Waals surface area contributed by atoms with Crippen molar-refractivity contribution in [1.82, 2.24) is 0 Å². The van der Waals surface area contributed by atoms with E-state index in [4.69, 9.17) is 19.9 Å². The van der Waals surface area contributed by atoms with Crippen molar-refractivity contribution in [3.63, 3.8) is 0 Å². The highest BCUT2D eigenvalue weighted by Gasteiger charge is 2.06. The van der Waals surface area contributed by atoms with Gasteiger partial charge in [0, 0.05) is 19.6 Å². The second-order valence-corrected chi connectivity index (χ2v) is 4.27. The zero-order chi connectivity index (χ0) is 13.9. The minimum absolute atomic E-state index is 0.0807. The van der Waals surface area contributed by atoms with E-state index in [0.717, 1.165) is 30.9 Å². The highest BCUT2D eigenvalue weighted by atomic mass is 16.5. The Morgan fingerprint density at radius 1 is 1.00 bits per heavy atom. The van der Waals surface area contributed by atoms with E-state index in [1.54, 1.807) is 0 Å². The summed E-state index contributed by atoms with van der Waals surface area (Å²) in [4.78, 5) is 0. The van der Waals surface area contributed by atoms with Gasteiger partial charge in [-0.05, 0) is 37.6 Å². The first kappa shape index (κ1) is 15.8. The Bertz CT molecular complexity index is 327. The lowest BCUT2D eigenvalue weighted by Gasteiger charge is -2.15. The normalized spacial score (nSPS) is 12.2. The van der Waals surface area contributed by atoms with Crippen LogP contribution in [0.5, 0.6) is 11.5 Å². The summed E-state index contributed by atoms with van der Waals surface area (Å²) in [7, 11) is 0. The highest BCUT2D eigenvalue weighted by Crippen LogP contribution is 2.18. The van der Waals surface area contributed by atoms with Gasteiger partial charge in [-0.25, -0.2) is 0 Å². The summed E-state index contributed by atoms with van der Waals surface area (Å²) in [6, 6.07) is 7.69. The third-order valence-electron chi connectivity index (χ3n) is 2.67. The van der Waals surface area contributed by atoms with Gasteiger partial charge in [-0.1, -0.05) is 6.92 Å². The molecule has 0 fully saturated rings. The molecule has 0 aromatic heterocycles. The van der Waals surface area contributed by atoms with Crippen molar-refractivity contribution in [3.8, 4) is 11.5 Å². The third-order valence-corrected chi connectivity index (χ3v) is 2.67. The SMILES string of the molecule is CCCOc1ccc(OCCC(CN)OCC)cc1. The van der Waals surface area contributed by atoms with E-state index in [1.165, 1.54) is 0 Å². The molecule has 1 aromatic rings. The molecule has 0 aliphatic heterocycles. The molecule has 4 heteroatoms. The average molecular weight is 267 g/mol. The van der Waals surface area contributed by atoms with Crippen LogP contribution in [-0.4, -0.2) is 32.5 Å². The van der Waals surface area contributed by atoms with Crippen LogP contribution < -0.4 is 15.2 Å². The number of nitrogens with two attached hydrogens (primary N) is 1. The molecule has 0 aliphatic rings. The minimum atomic E-state index is 0.0807. The van der Waals surface area contributed by atoms with Crippen LogP contribution in [0, 0.1) is 0 Å². The monoisotopic (exact) mass is 267 g/mol. The quantitative estimate of drug-likeness (QED) is 0.708. The molecule has 0 aliphatic carbocycles. The molecule has 4 nitrogen and oxygen atoms in total. The molecule has 1 unspecified atom stereocenters. The first-order valence-corrected chi connectivity index (χ1v) is 6.97. The van der Waals surface area contributed by atoms with E-state index in [1.807, 2.05) is 31.2 Å². The lowest BCUT2D eigenvalue weighted by molar-refractivity contribution is 0.0527. The molecule has 0 bridgehead atoms. The topological polar surface area (TPSA) is 53.7 Å². The summed E-state index contributed by atoms with van der Waals surface area (Å²) >= 11 is 0. The van der Waals surface area contributed by atoms with Gasteiger partial charge in [-0.3, -0.25) is 0 Å². The van der Waals surface area contributed by atoms with Crippen molar-refractivity contribution in [3.05, 3.63) is 24.3 Å². The average Bonchev–Trinajstić information content (AvgIpc) is 2.45. The van der Waals surface area contributed by atoms with Gasteiger partial charge in [0.1, 0.15) is 11.5 Å². The molecule has 108 valence electrons. The van der Waals surface area contributed by atoms with Gasteiger partial charge in [0.2, 0.25) is 0 Å². The molecule has 2 N–H and O–H groups in total. The number of ether oxygens (including phenoxy) is 3. The standard InChI is InChI=1S/C15H25NO3/c1-3-10-18-13-5-7-14(8-6-13)19-11-9-15(12-16)17-4-2/h5-8,15H,3-4,9-12,16H2,1-2H3. The molecule has 0 heterocycles. The van der Waals surface area contributed by atoms with Crippen LogP contribution in [-0.2, 0) is 4.74 Å². The highest BCUT2D eigenvalue weighted by molar-refractivity contribution is 5.31. The van der Waals surface area contributed by atoms with Crippen molar-refractivity contribution in [2.45, 2.75) is 32.8 Å². The largest absolute Gasteiger partial charge is 0.494 e. The summed E-state index contributed by atoms with van der Waals surface area (Å²) in [5.41, 5.74) is 5.61. The van der Waals surface area contributed by atoms with Crippen molar-refractivity contribution in [2.75, 3.05) is 26.4 Å². The summed E-state index contributed by atoms with van der Waals surface area (Å²) in [5, 5.41) is 0. The number of hydrogen-bond donors (Lipinski definition) is 1. The molecular weight excluding hydrogens is 242 g/mol. The maximum Gasteiger partial charge on any atom is 0.119 e. The fourth-order valence-corrected chi connectivity index (χ4v) is 1.67. The van der Waals surface area contributed by atoms with Crippen molar-refractivity contribution in [2.24, 2.45) is 5.73 Å². The van der Waals surface area contributed by atoms with E-state index < -0.39 is 0 Å². The van der Waals surface area contributed by atoms with E-state index >= 15 is 0 Å². The van der Waals surface area contributed by atoms with Crippen LogP contribution in [0.4, 0.5) is 0 Å². The number of hydrogen-bond acceptors (Lipinski definition) is 4. The van der Waals surface area contributed by atoms with Gasteiger partial charge >= 0.3 is 0 Å². The zero-order valence-electron chi connectivity index (χ0n) is 11.9. The van der Waals surface area contributed by atoms with Gasteiger partial charge in [-0.2, -0.15) is 0 Å². The van der Waals surface area contributed by atoms with Gasteiger partial charge in [0.15, 0.2) is 0 Å². The van der Waals surface area contributed by atoms with Crippen LogP contribution in [0.15, 0.2) is 24.3 Å². The molecular formula is C15H25NO3. The predicted octanol–water partition coefficient (Wildman–Crippen LogP) is 2.61. The Hall–Kier alpha value is -1.26. The van der Waals surface area contributed by atoms with Gasteiger partial charge in [0.05, 0.1) is 19.3 Å². The lowest BCUT2D eigenvalue weighted by Crippen LogP contribution is -2.25. The Morgan fingerprint density at radius 2 is 1.58 bits per heavy atom. The molecule has 0 spiro atoms. The lowest BCUT2D eigenvalue weighted by atomic mass is 10.2. The molecule has 1 rings (SSSR count). The minimum Gasteiger partial charge on any atom is -0.494 e. The Morgan fingerprint density at radius 3 is 2.05 bits per heavy atom. The maximum absolute atomic E-state index is 5.65. The zero-order valence-corrected chi connectivity index (χ0v) is 11.9. The van der Waals surface area contributed by atoms with Crippen LogP contribution in [0.2, 0.25) is 0 Å². The van der Waals surface area contributed by atoms with Gasteiger partial charge in [0.25, 0.3) is 0 Å². The van der Waals surface area contributed by atoms with Crippen LogP contribution in [0.1, 0.15) is 26.7 Å². The Labute approximate surface area is 115 Å². The van der Waals surface area contributed by atoms with E-state index in [0.29, 0.717) is 19.8 Å². The van der Waals surface area contributed by atoms with Gasteiger partial charge in [-0.15, -0.1) is 0 Å². The molecule has 19 heavy (non-hydrogen) atoms. The summed E-state index contributed by atoms with van der Waals surface area (Å²) in [6.07, 6.45) is 1.89. The van der Waals surface area contributed by atoms with E-state index in [9.17, 15) is 0 Å². The summed E-state index contributed by atoms with van der Waals surface area (Å²) < 4.78 is 16.6. The van der Waals surface area contributed by atoms with Crippen molar-refractivity contribution < 1.29 is 14.2 Å². The second kappa shape index (κ2) is 9.64. The molecule has 0 saturated carbocycles. The van der Waals surface area contributed by atoms with Crippen molar-refractivity contribution >= 4 is 0 Å². The third kappa shape index (κ3) is 6.45. The fraction of sp³-hybridized carbons (Fsp3) is 0.600. The number of rotatable bonds is 10. The van der Waals surface area contributed by atoms with Crippen LogP contribution in [0.25, 0.3) is 0 Å². The van der Waals surface area contributed by atoms with Crippen LogP contribution >= 0.6 is 0 Å². The maximum atomic E-state index is 5.65. The summed E-state index contributed by atoms with van der Waals surface area (Å²) in [6.45, 7) is 6.62. The molecule has 1 aromatic carbocycles. The Kier molecular flexibility index (Phi) is 8.02. The van der Waals surface area contributed by atoms with E-state index in [2.05, 4.69) is 6.92 Å². The summed E-state index contributed by atoms with van der Waals surface area (Å²) in [5.74, 6) is 1.72. The van der Waals surface area contributed by atoms with Crippen LogP contribution in [0.3, 0.4) is 0 Å². The molecule has 0 amide bonds. The van der Waals surface area contributed by atoms with Crippen molar-refractivity contribution in [1.29, 1.82) is 0 Å². The second-order valence-electron chi connectivity index (χ2n) is 4.27. The van der Waals surface area contributed by atoms with E-state index in [-0.39, 0.29) is 6.10 Å². The fourth-order valence-electron chi connectivity index (χ4n) is 1.67. The van der Waals surface area contributed by atoms with Gasteiger partial charge < -0.3 is 19.9 Å².